The van der Waals surface area contributed by atoms with Gasteiger partial charge in [0, 0.05) is 0 Å². The van der Waals surface area contributed by atoms with Crippen molar-refractivity contribution >= 4 is 17.5 Å². The number of halogens is 1. The van der Waals surface area contributed by atoms with Crippen molar-refractivity contribution in [3.8, 4) is 5.69 Å². The predicted octanol–water partition coefficient (Wildman–Crippen LogP) is 1.92. The third kappa shape index (κ3) is 3.14. The summed E-state index contributed by atoms with van der Waals surface area (Å²) in [6, 6.07) is 4.44. The summed E-state index contributed by atoms with van der Waals surface area (Å²) in [6.07, 6.45) is 2.91. The summed E-state index contributed by atoms with van der Waals surface area (Å²) in [4.78, 5) is 12.6. The minimum absolute atomic E-state index is 0.0411. The maximum Gasteiger partial charge on any atom is 0.360 e. The number of carbonyl (C=O) groups is 1. The Morgan fingerprint density at radius 1 is 1.41 bits per heavy atom. The van der Waals surface area contributed by atoms with Gasteiger partial charge in [0.2, 0.25) is 0 Å². The first-order valence-corrected chi connectivity index (χ1v) is 7.02. The normalized spacial score (nSPS) is 10.6. The van der Waals surface area contributed by atoms with Gasteiger partial charge in [-0.1, -0.05) is 9.70 Å². The highest BCUT2D eigenvalue weighted by Crippen LogP contribution is 2.13. The largest absolute Gasteiger partial charge is 0.455 e. The van der Waals surface area contributed by atoms with Crippen LogP contribution in [-0.4, -0.2) is 30.6 Å². The van der Waals surface area contributed by atoms with Crippen molar-refractivity contribution in [2.75, 3.05) is 0 Å². The quantitative estimate of drug-likeness (QED) is 0.683. The maximum absolute atomic E-state index is 13.4. The predicted molar refractivity (Wildman–Crippen MR) is 75.1 cm³/mol. The van der Waals surface area contributed by atoms with Crippen molar-refractivity contribution < 1.29 is 13.9 Å². The van der Waals surface area contributed by atoms with Crippen LogP contribution in [0.3, 0.4) is 0 Å². The second-order valence-electron chi connectivity index (χ2n) is 4.50. The molecule has 0 aliphatic carbocycles. The number of hydrogen-bond donors (Lipinski definition) is 0. The molecule has 1 aromatic carbocycles. The van der Waals surface area contributed by atoms with Crippen molar-refractivity contribution in [1.82, 2.24) is 24.6 Å². The summed E-state index contributed by atoms with van der Waals surface area (Å²) in [5.74, 6) is -1.000. The summed E-state index contributed by atoms with van der Waals surface area (Å²) in [6.45, 7) is 1.84. The van der Waals surface area contributed by atoms with Gasteiger partial charge in [0.25, 0.3) is 0 Å². The van der Waals surface area contributed by atoms with Crippen LogP contribution in [0.5, 0.6) is 0 Å². The van der Waals surface area contributed by atoms with Crippen LogP contribution in [0.2, 0.25) is 0 Å². The van der Waals surface area contributed by atoms with Gasteiger partial charge in [-0.15, -0.1) is 10.2 Å². The van der Waals surface area contributed by atoms with E-state index >= 15 is 0 Å². The van der Waals surface area contributed by atoms with E-state index in [-0.39, 0.29) is 18.1 Å². The number of aryl methyl sites for hydroxylation is 1. The van der Waals surface area contributed by atoms with E-state index in [4.69, 9.17) is 4.74 Å². The molecule has 0 saturated carbocycles. The van der Waals surface area contributed by atoms with Crippen LogP contribution in [0.1, 0.15) is 20.9 Å². The first kappa shape index (κ1) is 14.3. The fraction of sp³-hybridized carbons (Fsp3) is 0.154. The first-order valence-electron chi connectivity index (χ1n) is 6.25. The molecule has 9 heteroatoms. The Kier molecular flexibility index (Phi) is 3.88. The summed E-state index contributed by atoms with van der Waals surface area (Å²) >= 11 is 1.14. The molecule has 3 aromatic rings. The standard InChI is InChI=1S/C13H10FN5O2S/c1-8-2-9(14)4-10(3-8)19-6-12(16-17-19)13(20)21-7-11-5-15-18-22-11/h2-6H,7H2,1H3. The van der Waals surface area contributed by atoms with Crippen molar-refractivity contribution in [1.29, 1.82) is 0 Å². The van der Waals surface area contributed by atoms with E-state index in [1.807, 2.05) is 0 Å². The lowest BCUT2D eigenvalue weighted by molar-refractivity contribution is 0.0469. The Labute approximate surface area is 128 Å². The number of aromatic nitrogens is 5. The zero-order valence-corrected chi connectivity index (χ0v) is 12.2. The Hall–Kier alpha value is -2.68. The fourth-order valence-corrected chi connectivity index (χ4v) is 2.20. The molecule has 0 bridgehead atoms. The van der Waals surface area contributed by atoms with Crippen LogP contribution in [0.4, 0.5) is 4.39 Å². The molecular weight excluding hydrogens is 309 g/mol. The minimum atomic E-state index is -0.618. The van der Waals surface area contributed by atoms with Crippen LogP contribution in [0.25, 0.3) is 5.69 Å². The van der Waals surface area contributed by atoms with Crippen molar-refractivity contribution in [3.63, 3.8) is 0 Å². The van der Waals surface area contributed by atoms with E-state index in [0.29, 0.717) is 5.69 Å². The zero-order chi connectivity index (χ0) is 15.5. The number of nitrogens with zero attached hydrogens (tertiary/aromatic N) is 5. The molecule has 0 aliphatic rings. The van der Waals surface area contributed by atoms with E-state index < -0.39 is 5.97 Å². The Bertz CT molecular complexity index is 782. The molecule has 22 heavy (non-hydrogen) atoms. The molecule has 0 unspecified atom stereocenters. The monoisotopic (exact) mass is 319 g/mol. The van der Waals surface area contributed by atoms with E-state index in [1.54, 1.807) is 13.0 Å². The fourth-order valence-electron chi connectivity index (χ4n) is 1.79. The first-order chi connectivity index (χ1) is 10.6. The molecule has 0 saturated heterocycles. The van der Waals surface area contributed by atoms with Crippen LogP contribution in [0.15, 0.2) is 30.6 Å². The van der Waals surface area contributed by atoms with E-state index in [0.717, 1.165) is 22.0 Å². The van der Waals surface area contributed by atoms with Crippen molar-refractivity contribution in [2.24, 2.45) is 0 Å². The molecule has 0 N–H and O–H groups in total. The summed E-state index contributed by atoms with van der Waals surface area (Å²) in [7, 11) is 0. The number of carbonyl (C=O) groups excluding carboxylic acids is 1. The molecule has 0 atom stereocenters. The SMILES string of the molecule is Cc1cc(F)cc(-n2cc(C(=O)OCc3cnns3)nn2)c1. The summed E-state index contributed by atoms with van der Waals surface area (Å²) in [5.41, 5.74) is 1.27. The second-order valence-corrected chi connectivity index (χ2v) is 5.37. The van der Waals surface area contributed by atoms with E-state index in [9.17, 15) is 9.18 Å². The summed E-state index contributed by atoms with van der Waals surface area (Å²) in [5, 5.41) is 11.2. The number of benzene rings is 1. The third-order valence-corrected chi connectivity index (χ3v) is 3.38. The molecule has 0 fully saturated rings. The second kappa shape index (κ2) is 5.98. The molecule has 0 radical (unpaired) electrons. The number of ether oxygens (including phenoxy) is 1. The van der Waals surface area contributed by atoms with Crippen LogP contribution in [0, 0.1) is 12.7 Å². The van der Waals surface area contributed by atoms with Crippen molar-refractivity contribution in [2.45, 2.75) is 13.5 Å². The van der Waals surface area contributed by atoms with Gasteiger partial charge in [-0.25, -0.2) is 13.9 Å². The molecule has 112 valence electrons. The van der Waals surface area contributed by atoms with Gasteiger partial charge in [-0.05, 0) is 42.2 Å². The topological polar surface area (TPSA) is 82.8 Å². The van der Waals surface area contributed by atoms with Crippen LogP contribution < -0.4 is 0 Å². The van der Waals surface area contributed by atoms with Crippen molar-refractivity contribution in [3.05, 3.63) is 52.5 Å². The van der Waals surface area contributed by atoms with E-state index in [2.05, 4.69) is 19.9 Å². The highest BCUT2D eigenvalue weighted by Gasteiger charge is 2.14. The van der Waals surface area contributed by atoms with Gasteiger partial charge in [0.1, 0.15) is 12.4 Å². The average Bonchev–Trinajstić information content (AvgIpc) is 3.15. The lowest BCUT2D eigenvalue weighted by Crippen LogP contribution is -2.05. The van der Waals surface area contributed by atoms with Gasteiger partial charge in [0.15, 0.2) is 5.69 Å². The van der Waals surface area contributed by atoms with Gasteiger partial charge in [0.05, 0.1) is 23.0 Å². The number of hydrogen-bond acceptors (Lipinski definition) is 7. The van der Waals surface area contributed by atoms with Gasteiger partial charge >= 0.3 is 5.97 Å². The lowest BCUT2D eigenvalue weighted by atomic mass is 10.2. The summed E-state index contributed by atoms with van der Waals surface area (Å²) < 4.78 is 23.4. The van der Waals surface area contributed by atoms with Gasteiger partial charge < -0.3 is 4.74 Å². The molecule has 0 spiro atoms. The Morgan fingerprint density at radius 2 is 2.27 bits per heavy atom. The number of esters is 1. The highest BCUT2D eigenvalue weighted by molar-refractivity contribution is 7.05. The minimum Gasteiger partial charge on any atom is -0.455 e. The molecule has 0 amide bonds. The lowest BCUT2D eigenvalue weighted by Gasteiger charge is -2.02. The Balaban J connectivity index is 1.74. The Morgan fingerprint density at radius 3 is 3.00 bits per heavy atom. The van der Waals surface area contributed by atoms with Gasteiger partial charge in [-0.2, -0.15) is 0 Å². The third-order valence-electron chi connectivity index (χ3n) is 2.75. The van der Waals surface area contributed by atoms with Crippen LogP contribution in [-0.2, 0) is 11.3 Å². The molecule has 7 nitrogen and oxygen atoms in total. The maximum atomic E-state index is 13.4. The highest BCUT2D eigenvalue weighted by atomic mass is 32.1. The zero-order valence-electron chi connectivity index (χ0n) is 11.4. The smallest absolute Gasteiger partial charge is 0.360 e. The van der Waals surface area contributed by atoms with Gasteiger partial charge in [-0.3, -0.25) is 0 Å². The average molecular weight is 319 g/mol. The van der Waals surface area contributed by atoms with Crippen LogP contribution >= 0.6 is 11.5 Å². The van der Waals surface area contributed by atoms with E-state index in [1.165, 1.54) is 29.2 Å². The molecule has 2 aromatic heterocycles. The molecule has 0 aliphatic heterocycles. The molecule has 3 rings (SSSR count). The molecular formula is C13H10FN5O2S. The molecule has 2 heterocycles. The number of rotatable bonds is 4.